The summed E-state index contributed by atoms with van der Waals surface area (Å²) in [6.07, 6.45) is 0.378. The molecule has 0 unspecified atom stereocenters. The van der Waals surface area contributed by atoms with Gasteiger partial charge in [-0.2, -0.15) is 0 Å². The molecule has 0 saturated carbocycles. The van der Waals surface area contributed by atoms with Crippen LogP contribution in [0.3, 0.4) is 0 Å². The van der Waals surface area contributed by atoms with Crippen molar-refractivity contribution in [1.82, 2.24) is 4.98 Å². The van der Waals surface area contributed by atoms with Crippen molar-refractivity contribution in [2.75, 3.05) is 10.6 Å². The first-order valence-corrected chi connectivity index (χ1v) is 5.48. The standard InChI is InChI=1S/C13H13N3O2/c17-13(18)16-11-6-7-12(15-9-11)14-8-10-4-2-1-3-5-10/h1-7,9,16H,8H2,(H,14,15)(H,17,18). The van der Waals surface area contributed by atoms with Crippen LogP contribution in [0.15, 0.2) is 48.7 Å². The van der Waals surface area contributed by atoms with Gasteiger partial charge < -0.3 is 10.4 Å². The summed E-state index contributed by atoms with van der Waals surface area (Å²) in [5.41, 5.74) is 1.61. The van der Waals surface area contributed by atoms with E-state index in [1.165, 1.54) is 6.20 Å². The van der Waals surface area contributed by atoms with E-state index in [-0.39, 0.29) is 0 Å². The van der Waals surface area contributed by atoms with Crippen LogP contribution in [0.2, 0.25) is 0 Å². The summed E-state index contributed by atoms with van der Waals surface area (Å²) in [4.78, 5) is 14.5. The fraction of sp³-hybridized carbons (Fsp3) is 0.0769. The Hall–Kier alpha value is -2.56. The molecule has 1 amide bonds. The molecule has 92 valence electrons. The number of amides is 1. The van der Waals surface area contributed by atoms with Crippen molar-refractivity contribution in [2.24, 2.45) is 0 Å². The number of benzene rings is 1. The Morgan fingerprint density at radius 2 is 1.94 bits per heavy atom. The molecule has 18 heavy (non-hydrogen) atoms. The molecule has 0 aliphatic carbocycles. The number of rotatable bonds is 4. The molecule has 1 aromatic heterocycles. The highest BCUT2D eigenvalue weighted by atomic mass is 16.4. The lowest BCUT2D eigenvalue weighted by atomic mass is 10.2. The number of carboxylic acid groups (broad SMARTS) is 1. The summed E-state index contributed by atoms with van der Waals surface area (Å²) in [6.45, 7) is 0.680. The normalized spacial score (nSPS) is 9.78. The molecule has 1 heterocycles. The summed E-state index contributed by atoms with van der Waals surface area (Å²) >= 11 is 0. The Labute approximate surface area is 104 Å². The van der Waals surface area contributed by atoms with Gasteiger partial charge in [-0.05, 0) is 17.7 Å². The third-order valence-corrected chi connectivity index (χ3v) is 2.33. The number of nitrogens with zero attached hydrogens (tertiary/aromatic N) is 1. The van der Waals surface area contributed by atoms with Gasteiger partial charge in [0, 0.05) is 6.54 Å². The monoisotopic (exact) mass is 243 g/mol. The molecule has 5 heteroatoms. The zero-order valence-corrected chi connectivity index (χ0v) is 9.63. The average Bonchev–Trinajstić information content (AvgIpc) is 2.38. The number of hydrogen-bond acceptors (Lipinski definition) is 3. The topological polar surface area (TPSA) is 74.2 Å². The Balaban J connectivity index is 1.92. The van der Waals surface area contributed by atoms with Gasteiger partial charge in [0.15, 0.2) is 0 Å². The first-order chi connectivity index (χ1) is 8.74. The van der Waals surface area contributed by atoms with Crippen LogP contribution in [0.25, 0.3) is 0 Å². The maximum atomic E-state index is 10.4. The van der Waals surface area contributed by atoms with Gasteiger partial charge >= 0.3 is 6.09 Å². The van der Waals surface area contributed by atoms with Crippen molar-refractivity contribution in [3.05, 3.63) is 54.2 Å². The Kier molecular flexibility index (Phi) is 3.76. The van der Waals surface area contributed by atoms with Crippen molar-refractivity contribution < 1.29 is 9.90 Å². The van der Waals surface area contributed by atoms with Gasteiger partial charge in [0.25, 0.3) is 0 Å². The van der Waals surface area contributed by atoms with E-state index in [0.29, 0.717) is 18.1 Å². The first kappa shape index (κ1) is 11.9. The molecule has 0 aliphatic heterocycles. The Morgan fingerprint density at radius 1 is 1.17 bits per heavy atom. The second-order valence-corrected chi connectivity index (χ2v) is 3.70. The molecule has 0 aliphatic rings. The van der Waals surface area contributed by atoms with Crippen LogP contribution < -0.4 is 10.6 Å². The van der Waals surface area contributed by atoms with E-state index < -0.39 is 6.09 Å². The van der Waals surface area contributed by atoms with Gasteiger partial charge in [-0.15, -0.1) is 0 Å². The van der Waals surface area contributed by atoms with Gasteiger partial charge in [-0.3, -0.25) is 5.32 Å². The fourth-order valence-corrected chi connectivity index (χ4v) is 1.48. The van der Waals surface area contributed by atoms with E-state index in [0.717, 1.165) is 5.56 Å². The minimum Gasteiger partial charge on any atom is -0.465 e. The van der Waals surface area contributed by atoms with Crippen molar-refractivity contribution in [2.45, 2.75) is 6.54 Å². The SMILES string of the molecule is O=C(O)Nc1ccc(NCc2ccccc2)nc1. The van der Waals surface area contributed by atoms with Crippen LogP contribution in [0, 0.1) is 0 Å². The largest absolute Gasteiger partial charge is 0.465 e. The zero-order chi connectivity index (χ0) is 12.8. The Bertz CT molecular complexity index is 512. The zero-order valence-electron chi connectivity index (χ0n) is 9.63. The molecule has 0 bridgehead atoms. The summed E-state index contributed by atoms with van der Waals surface area (Å²) in [5.74, 6) is 0.704. The molecule has 1 aromatic carbocycles. The van der Waals surface area contributed by atoms with Gasteiger partial charge in [-0.25, -0.2) is 9.78 Å². The number of anilines is 2. The first-order valence-electron chi connectivity index (χ1n) is 5.48. The maximum absolute atomic E-state index is 10.4. The predicted octanol–water partition coefficient (Wildman–Crippen LogP) is 2.78. The van der Waals surface area contributed by atoms with Crippen LogP contribution in [0.1, 0.15) is 5.56 Å². The number of nitrogens with one attached hydrogen (secondary N) is 2. The number of hydrogen-bond donors (Lipinski definition) is 3. The molecular formula is C13H13N3O2. The quantitative estimate of drug-likeness (QED) is 0.771. The van der Waals surface area contributed by atoms with Gasteiger partial charge in [-0.1, -0.05) is 30.3 Å². The van der Waals surface area contributed by atoms with Crippen molar-refractivity contribution >= 4 is 17.6 Å². The molecule has 2 rings (SSSR count). The molecule has 0 atom stereocenters. The van der Waals surface area contributed by atoms with E-state index in [1.54, 1.807) is 12.1 Å². The lowest BCUT2D eigenvalue weighted by molar-refractivity contribution is 0.209. The number of aromatic nitrogens is 1. The average molecular weight is 243 g/mol. The van der Waals surface area contributed by atoms with Crippen LogP contribution in [-0.4, -0.2) is 16.2 Å². The molecule has 0 fully saturated rings. The third kappa shape index (κ3) is 3.48. The molecule has 3 N–H and O–H groups in total. The predicted molar refractivity (Wildman–Crippen MR) is 69.7 cm³/mol. The van der Waals surface area contributed by atoms with Crippen molar-refractivity contribution in [1.29, 1.82) is 0 Å². The molecule has 0 radical (unpaired) electrons. The minimum absolute atomic E-state index is 0.452. The number of pyridine rings is 1. The Morgan fingerprint density at radius 3 is 2.56 bits per heavy atom. The van der Waals surface area contributed by atoms with Crippen molar-refractivity contribution in [3.63, 3.8) is 0 Å². The highest BCUT2D eigenvalue weighted by molar-refractivity contribution is 5.82. The van der Waals surface area contributed by atoms with Gasteiger partial charge in [0.2, 0.25) is 0 Å². The fourth-order valence-electron chi connectivity index (χ4n) is 1.48. The van der Waals surface area contributed by atoms with E-state index >= 15 is 0 Å². The summed E-state index contributed by atoms with van der Waals surface area (Å²) in [6, 6.07) is 13.4. The van der Waals surface area contributed by atoms with E-state index in [1.807, 2.05) is 30.3 Å². The lowest BCUT2D eigenvalue weighted by Gasteiger charge is -2.06. The summed E-state index contributed by atoms with van der Waals surface area (Å²) < 4.78 is 0. The van der Waals surface area contributed by atoms with Gasteiger partial charge in [0.05, 0.1) is 11.9 Å². The second-order valence-electron chi connectivity index (χ2n) is 3.70. The minimum atomic E-state index is -1.10. The highest BCUT2D eigenvalue weighted by Gasteiger charge is 1.99. The summed E-state index contributed by atoms with van der Waals surface area (Å²) in [5, 5.41) is 13.9. The smallest absolute Gasteiger partial charge is 0.409 e. The number of carbonyl (C=O) groups is 1. The molecule has 0 spiro atoms. The molecular weight excluding hydrogens is 230 g/mol. The summed E-state index contributed by atoms with van der Waals surface area (Å²) in [7, 11) is 0. The van der Waals surface area contributed by atoms with Crippen LogP contribution in [0.4, 0.5) is 16.3 Å². The van der Waals surface area contributed by atoms with Gasteiger partial charge in [0.1, 0.15) is 5.82 Å². The lowest BCUT2D eigenvalue weighted by Crippen LogP contribution is -2.08. The van der Waals surface area contributed by atoms with Crippen LogP contribution >= 0.6 is 0 Å². The molecule has 2 aromatic rings. The third-order valence-electron chi connectivity index (χ3n) is 2.33. The highest BCUT2D eigenvalue weighted by Crippen LogP contribution is 2.10. The van der Waals surface area contributed by atoms with E-state index in [9.17, 15) is 4.79 Å². The molecule has 5 nitrogen and oxygen atoms in total. The second kappa shape index (κ2) is 5.67. The van der Waals surface area contributed by atoms with E-state index in [2.05, 4.69) is 15.6 Å². The van der Waals surface area contributed by atoms with Crippen molar-refractivity contribution in [3.8, 4) is 0 Å². The van der Waals surface area contributed by atoms with Crippen LogP contribution in [0.5, 0.6) is 0 Å². The molecule has 0 saturated heterocycles. The van der Waals surface area contributed by atoms with E-state index in [4.69, 9.17) is 5.11 Å². The maximum Gasteiger partial charge on any atom is 0.409 e. The van der Waals surface area contributed by atoms with Crippen LogP contribution in [-0.2, 0) is 6.54 Å².